The summed E-state index contributed by atoms with van der Waals surface area (Å²) in [5.41, 5.74) is 6.36. The Balaban J connectivity index is 2.05. The number of aromatic nitrogens is 2. The van der Waals surface area contributed by atoms with E-state index >= 15 is 0 Å². The molecule has 31 heavy (non-hydrogen) atoms. The molecule has 0 fully saturated rings. The third kappa shape index (κ3) is 4.38. The fraction of sp³-hybridized carbons (Fsp3) is 0.148. The van der Waals surface area contributed by atoms with Gasteiger partial charge in [0.05, 0.1) is 6.61 Å². The standard InChI is InChI=1S/C27H25N2O2/c1-4-31-27(30)25-18-23(21-15-13-19(2)14-16-21)17-24(22-10-6-5-7-11-22)29(25)26-12-8-9-20(3)28-26/h5-18H,4H2,1-3H3/q+1. The van der Waals surface area contributed by atoms with Crippen LogP contribution in [0.15, 0.2) is 84.9 Å². The van der Waals surface area contributed by atoms with Crippen molar-refractivity contribution in [2.75, 3.05) is 6.61 Å². The summed E-state index contributed by atoms with van der Waals surface area (Å²) in [5.74, 6) is 0.300. The third-order valence-corrected chi connectivity index (χ3v) is 5.11. The smallest absolute Gasteiger partial charge is 0.378 e. The number of pyridine rings is 2. The Hall–Kier alpha value is -3.79. The van der Waals surface area contributed by atoms with E-state index < -0.39 is 0 Å². The van der Waals surface area contributed by atoms with Gasteiger partial charge in [0.1, 0.15) is 11.4 Å². The van der Waals surface area contributed by atoms with Gasteiger partial charge in [-0.2, -0.15) is 4.57 Å². The topological polar surface area (TPSA) is 43.1 Å². The molecule has 0 N–H and O–H groups in total. The van der Waals surface area contributed by atoms with Crippen LogP contribution in [-0.2, 0) is 4.74 Å². The SMILES string of the molecule is CCOC(=O)c1cc(-c2ccc(C)cc2)cc(-c2ccccc2)[n+]1-c1cccc(C)n1. The predicted molar refractivity (Wildman–Crippen MR) is 122 cm³/mol. The van der Waals surface area contributed by atoms with E-state index in [1.807, 2.05) is 73.0 Å². The molecule has 2 heterocycles. The maximum Gasteiger partial charge on any atom is 0.378 e. The maximum absolute atomic E-state index is 13.1. The van der Waals surface area contributed by atoms with Gasteiger partial charge in [0, 0.05) is 24.6 Å². The summed E-state index contributed by atoms with van der Waals surface area (Å²) in [6.07, 6.45) is 0. The third-order valence-electron chi connectivity index (χ3n) is 5.11. The van der Waals surface area contributed by atoms with Gasteiger partial charge >= 0.3 is 11.8 Å². The van der Waals surface area contributed by atoms with Crippen LogP contribution >= 0.6 is 0 Å². The Morgan fingerprint density at radius 2 is 1.58 bits per heavy atom. The van der Waals surface area contributed by atoms with Gasteiger partial charge in [-0.15, -0.1) is 0 Å². The van der Waals surface area contributed by atoms with Crippen molar-refractivity contribution in [3.05, 3.63) is 102 Å². The van der Waals surface area contributed by atoms with Gasteiger partial charge in [-0.1, -0.05) is 60.2 Å². The number of hydrogen-bond donors (Lipinski definition) is 0. The normalized spacial score (nSPS) is 10.7. The minimum atomic E-state index is -0.378. The van der Waals surface area contributed by atoms with Crippen LogP contribution in [0.2, 0.25) is 0 Å². The lowest BCUT2D eigenvalue weighted by Crippen LogP contribution is -2.42. The lowest BCUT2D eigenvalue weighted by Gasteiger charge is -2.14. The van der Waals surface area contributed by atoms with Gasteiger partial charge in [0.2, 0.25) is 5.69 Å². The van der Waals surface area contributed by atoms with Crippen LogP contribution < -0.4 is 4.57 Å². The Kier molecular flexibility index (Phi) is 5.89. The van der Waals surface area contributed by atoms with Crippen molar-refractivity contribution in [3.8, 4) is 28.2 Å². The van der Waals surface area contributed by atoms with E-state index in [0.29, 0.717) is 18.1 Å². The molecule has 4 aromatic rings. The molecule has 0 aliphatic heterocycles. The summed E-state index contributed by atoms with van der Waals surface area (Å²) < 4.78 is 7.32. The molecule has 0 aliphatic rings. The molecule has 4 rings (SSSR count). The monoisotopic (exact) mass is 409 g/mol. The maximum atomic E-state index is 13.1. The van der Waals surface area contributed by atoms with Gasteiger partial charge in [-0.3, -0.25) is 0 Å². The molecule has 0 amide bonds. The average molecular weight is 410 g/mol. The van der Waals surface area contributed by atoms with Crippen molar-refractivity contribution >= 4 is 5.97 Å². The van der Waals surface area contributed by atoms with Crippen LogP contribution in [0.1, 0.15) is 28.7 Å². The second-order valence-corrected chi connectivity index (χ2v) is 7.44. The number of carbonyl (C=O) groups is 1. The number of nitrogens with zero attached hydrogens (tertiary/aromatic N) is 2. The Morgan fingerprint density at radius 3 is 2.26 bits per heavy atom. The summed E-state index contributed by atoms with van der Waals surface area (Å²) >= 11 is 0. The van der Waals surface area contributed by atoms with Crippen LogP contribution in [0.25, 0.3) is 28.2 Å². The number of benzene rings is 2. The van der Waals surface area contributed by atoms with Crippen molar-refractivity contribution < 1.29 is 14.1 Å². The highest BCUT2D eigenvalue weighted by molar-refractivity contribution is 5.88. The molecular weight excluding hydrogens is 384 g/mol. The van der Waals surface area contributed by atoms with Crippen LogP contribution in [0.3, 0.4) is 0 Å². The van der Waals surface area contributed by atoms with Gasteiger partial charge in [0.25, 0.3) is 0 Å². The van der Waals surface area contributed by atoms with Crippen molar-refractivity contribution in [1.29, 1.82) is 0 Å². The molecule has 4 heteroatoms. The molecule has 0 aliphatic carbocycles. The van der Waals surface area contributed by atoms with E-state index in [4.69, 9.17) is 9.72 Å². The van der Waals surface area contributed by atoms with Gasteiger partial charge in [0.15, 0.2) is 0 Å². The van der Waals surface area contributed by atoms with E-state index in [0.717, 1.165) is 28.1 Å². The molecule has 0 atom stereocenters. The lowest BCUT2D eigenvalue weighted by molar-refractivity contribution is -0.591. The van der Waals surface area contributed by atoms with E-state index in [-0.39, 0.29) is 5.97 Å². The first kappa shape index (κ1) is 20.5. The lowest BCUT2D eigenvalue weighted by atomic mass is 10.00. The van der Waals surface area contributed by atoms with Crippen LogP contribution in [0, 0.1) is 13.8 Å². The number of carbonyl (C=O) groups excluding carboxylic acids is 1. The van der Waals surface area contributed by atoms with Crippen molar-refractivity contribution in [3.63, 3.8) is 0 Å². The summed E-state index contributed by atoms with van der Waals surface area (Å²) in [4.78, 5) is 17.8. The zero-order chi connectivity index (χ0) is 21.8. The average Bonchev–Trinajstić information content (AvgIpc) is 2.79. The number of esters is 1. The summed E-state index contributed by atoms with van der Waals surface area (Å²) in [6, 6.07) is 28.1. The summed E-state index contributed by atoms with van der Waals surface area (Å²) in [5, 5.41) is 0. The van der Waals surface area contributed by atoms with E-state index in [1.54, 1.807) is 0 Å². The number of rotatable bonds is 5. The molecule has 154 valence electrons. The zero-order valence-electron chi connectivity index (χ0n) is 18.0. The number of aryl methyl sites for hydroxylation is 2. The van der Waals surface area contributed by atoms with Crippen LogP contribution in [0.4, 0.5) is 0 Å². The molecule has 0 radical (unpaired) electrons. The first-order valence-electron chi connectivity index (χ1n) is 10.4. The number of hydrogen-bond acceptors (Lipinski definition) is 3. The Bertz CT molecular complexity index is 1220. The van der Waals surface area contributed by atoms with Crippen LogP contribution in [-0.4, -0.2) is 17.6 Å². The van der Waals surface area contributed by atoms with Crippen molar-refractivity contribution in [1.82, 2.24) is 4.98 Å². The molecule has 0 spiro atoms. The molecule has 2 aromatic carbocycles. The summed E-state index contributed by atoms with van der Waals surface area (Å²) in [7, 11) is 0. The molecule has 0 saturated heterocycles. The fourth-order valence-corrected chi connectivity index (χ4v) is 3.58. The second kappa shape index (κ2) is 8.92. The largest absolute Gasteiger partial charge is 0.460 e. The molecule has 2 aromatic heterocycles. The highest BCUT2D eigenvalue weighted by Crippen LogP contribution is 2.27. The quantitative estimate of drug-likeness (QED) is 0.324. The molecular formula is C27H25N2O2+. The predicted octanol–water partition coefficient (Wildman–Crippen LogP) is 5.49. The highest BCUT2D eigenvalue weighted by Gasteiger charge is 2.27. The zero-order valence-corrected chi connectivity index (χ0v) is 18.0. The first-order valence-corrected chi connectivity index (χ1v) is 10.4. The molecule has 0 bridgehead atoms. The number of ether oxygens (including phenoxy) is 1. The highest BCUT2D eigenvalue weighted by atomic mass is 16.5. The molecule has 0 unspecified atom stereocenters. The Labute approximate surface area is 182 Å². The van der Waals surface area contributed by atoms with Gasteiger partial charge in [-0.05, 0) is 48.2 Å². The van der Waals surface area contributed by atoms with Crippen molar-refractivity contribution in [2.45, 2.75) is 20.8 Å². The van der Waals surface area contributed by atoms with E-state index in [9.17, 15) is 4.79 Å². The molecule has 4 nitrogen and oxygen atoms in total. The second-order valence-electron chi connectivity index (χ2n) is 7.44. The minimum absolute atomic E-state index is 0.301. The van der Waals surface area contributed by atoms with Crippen molar-refractivity contribution in [2.24, 2.45) is 0 Å². The van der Waals surface area contributed by atoms with E-state index in [1.165, 1.54) is 5.56 Å². The van der Waals surface area contributed by atoms with Crippen LogP contribution in [0.5, 0.6) is 0 Å². The fourth-order valence-electron chi connectivity index (χ4n) is 3.58. The van der Waals surface area contributed by atoms with Gasteiger partial charge < -0.3 is 4.74 Å². The van der Waals surface area contributed by atoms with Gasteiger partial charge in [-0.25, -0.2) is 4.79 Å². The van der Waals surface area contributed by atoms with E-state index in [2.05, 4.69) is 37.3 Å². The Morgan fingerprint density at radius 1 is 0.839 bits per heavy atom. The molecule has 0 saturated carbocycles. The minimum Gasteiger partial charge on any atom is -0.460 e. The summed E-state index contributed by atoms with van der Waals surface area (Å²) in [6.45, 7) is 6.12. The first-order chi connectivity index (χ1) is 15.1.